The van der Waals surface area contributed by atoms with Crippen molar-refractivity contribution in [2.75, 3.05) is 18.2 Å². The predicted octanol–water partition coefficient (Wildman–Crippen LogP) is 4.16. The van der Waals surface area contributed by atoms with Gasteiger partial charge in [-0.05, 0) is 53.6 Å². The van der Waals surface area contributed by atoms with Gasteiger partial charge in [0.05, 0.1) is 18.6 Å². The molecular formula is C22H29NO4S. The highest BCUT2D eigenvalue weighted by Gasteiger charge is 2.22. The number of benzene rings is 2. The minimum Gasteiger partial charge on any atom is -0.495 e. The summed E-state index contributed by atoms with van der Waals surface area (Å²) in [4.78, 5) is 12.3. The van der Waals surface area contributed by atoms with Gasteiger partial charge in [-0.2, -0.15) is 0 Å². The summed E-state index contributed by atoms with van der Waals surface area (Å²) in [7, 11) is -2.13. The van der Waals surface area contributed by atoms with E-state index in [1.54, 1.807) is 24.3 Å². The molecule has 2 aromatic rings. The number of carbonyl (C=O) groups excluding carboxylic acids is 1. The second kappa shape index (κ2) is 8.35. The maximum atomic E-state index is 12.6. The lowest BCUT2D eigenvalue weighted by Crippen LogP contribution is -2.24. The smallest absolute Gasteiger partial charge is 0.239 e. The Kier molecular flexibility index (Phi) is 6.55. The Balaban J connectivity index is 2.17. The van der Waals surface area contributed by atoms with Crippen LogP contribution in [0.3, 0.4) is 0 Å². The Morgan fingerprint density at radius 2 is 1.64 bits per heavy atom. The molecule has 1 N–H and O–H groups in total. The number of rotatable bonds is 6. The Bertz CT molecular complexity index is 949. The molecule has 152 valence electrons. The first kappa shape index (κ1) is 22.0. The number of hydrogen-bond donors (Lipinski definition) is 1. The molecule has 2 aromatic carbocycles. The van der Waals surface area contributed by atoms with Gasteiger partial charge in [0.1, 0.15) is 11.5 Å². The van der Waals surface area contributed by atoms with Crippen molar-refractivity contribution in [3.8, 4) is 5.75 Å². The number of ether oxygens (including phenoxy) is 1. The Labute approximate surface area is 168 Å². The van der Waals surface area contributed by atoms with Gasteiger partial charge >= 0.3 is 0 Å². The number of nitrogens with one attached hydrogen (secondary N) is 1. The van der Waals surface area contributed by atoms with Crippen LogP contribution in [0.1, 0.15) is 43.0 Å². The number of carbonyl (C=O) groups is 1. The average molecular weight is 404 g/mol. The van der Waals surface area contributed by atoms with Crippen molar-refractivity contribution in [2.24, 2.45) is 0 Å². The average Bonchev–Trinajstić information content (AvgIpc) is 2.57. The van der Waals surface area contributed by atoms with E-state index in [0.29, 0.717) is 11.4 Å². The molecule has 6 heteroatoms. The molecule has 0 unspecified atom stereocenters. The first-order valence-corrected chi connectivity index (χ1v) is 11.0. The van der Waals surface area contributed by atoms with Crippen LogP contribution in [0, 0.1) is 13.8 Å². The number of para-hydroxylation sites is 2. The number of aryl methyl sites for hydroxylation is 2. The summed E-state index contributed by atoms with van der Waals surface area (Å²) in [5.41, 5.74) is 4.22. The van der Waals surface area contributed by atoms with E-state index in [1.807, 2.05) is 26.0 Å². The van der Waals surface area contributed by atoms with E-state index >= 15 is 0 Å². The van der Waals surface area contributed by atoms with Gasteiger partial charge in [0.2, 0.25) is 5.91 Å². The van der Waals surface area contributed by atoms with Crippen molar-refractivity contribution < 1.29 is 17.9 Å². The molecule has 28 heavy (non-hydrogen) atoms. The number of anilines is 1. The molecule has 0 aliphatic carbocycles. The minimum absolute atomic E-state index is 0.0124. The van der Waals surface area contributed by atoms with Crippen LogP contribution in [0.5, 0.6) is 5.75 Å². The zero-order chi connectivity index (χ0) is 21.1. The van der Waals surface area contributed by atoms with E-state index in [-0.39, 0.29) is 11.2 Å². The number of methoxy groups -OCH3 is 1. The lowest BCUT2D eigenvalue weighted by Gasteiger charge is -2.22. The lowest BCUT2D eigenvalue weighted by atomic mass is 9.84. The van der Waals surface area contributed by atoms with Crippen LogP contribution >= 0.6 is 0 Å². The van der Waals surface area contributed by atoms with Crippen molar-refractivity contribution in [2.45, 2.75) is 45.8 Å². The maximum absolute atomic E-state index is 12.6. The fourth-order valence-corrected chi connectivity index (χ4v) is 4.53. The van der Waals surface area contributed by atoms with Crippen LogP contribution in [0.15, 0.2) is 36.4 Å². The predicted molar refractivity (Wildman–Crippen MR) is 114 cm³/mol. The fraction of sp³-hybridized carbons (Fsp3) is 0.409. The van der Waals surface area contributed by atoms with Crippen LogP contribution < -0.4 is 10.1 Å². The van der Waals surface area contributed by atoms with Gasteiger partial charge in [0.25, 0.3) is 0 Å². The Morgan fingerprint density at radius 1 is 1.07 bits per heavy atom. The molecule has 0 bridgehead atoms. The van der Waals surface area contributed by atoms with Gasteiger partial charge in [0, 0.05) is 0 Å². The first-order chi connectivity index (χ1) is 12.9. The van der Waals surface area contributed by atoms with Gasteiger partial charge in [0.15, 0.2) is 9.84 Å². The normalized spacial score (nSPS) is 11.9. The van der Waals surface area contributed by atoms with Gasteiger partial charge in [-0.15, -0.1) is 0 Å². The van der Waals surface area contributed by atoms with Crippen LogP contribution in [0.4, 0.5) is 5.69 Å². The molecule has 0 aliphatic heterocycles. The van der Waals surface area contributed by atoms with E-state index in [9.17, 15) is 13.2 Å². The maximum Gasteiger partial charge on any atom is 0.239 e. The van der Waals surface area contributed by atoms with E-state index in [4.69, 9.17) is 4.74 Å². The highest BCUT2D eigenvalue weighted by atomic mass is 32.2. The van der Waals surface area contributed by atoms with E-state index in [2.05, 4.69) is 26.1 Å². The quantitative estimate of drug-likeness (QED) is 0.786. The molecule has 0 aromatic heterocycles. The Morgan fingerprint density at radius 3 is 2.18 bits per heavy atom. The molecule has 0 heterocycles. The van der Waals surface area contributed by atoms with Gasteiger partial charge in [-0.25, -0.2) is 8.42 Å². The largest absolute Gasteiger partial charge is 0.495 e. The second-order valence-corrected chi connectivity index (χ2v) is 10.2. The van der Waals surface area contributed by atoms with Crippen molar-refractivity contribution in [3.63, 3.8) is 0 Å². The third-order valence-electron chi connectivity index (χ3n) is 4.66. The highest BCUT2D eigenvalue weighted by molar-refractivity contribution is 7.91. The van der Waals surface area contributed by atoms with Crippen LogP contribution in [0.2, 0.25) is 0 Å². The van der Waals surface area contributed by atoms with Crippen molar-refractivity contribution in [1.29, 1.82) is 0 Å². The standard InChI is InChI=1S/C22H29NO4S/c1-15-11-17(22(3,4)5)12-16(2)18(15)13-28(25,26)14-21(24)23-19-9-7-8-10-20(19)27-6/h7-12H,13-14H2,1-6H3,(H,23,24). The molecule has 0 saturated heterocycles. The minimum atomic E-state index is -3.62. The molecule has 0 spiro atoms. The third-order valence-corrected chi connectivity index (χ3v) is 6.09. The zero-order valence-corrected chi connectivity index (χ0v) is 18.2. The molecule has 0 saturated carbocycles. The number of amides is 1. The van der Waals surface area contributed by atoms with Crippen LogP contribution in [0.25, 0.3) is 0 Å². The SMILES string of the molecule is COc1ccccc1NC(=O)CS(=O)(=O)Cc1c(C)cc(C(C)(C)C)cc1C. The van der Waals surface area contributed by atoms with E-state index < -0.39 is 21.5 Å². The number of hydrogen-bond acceptors (Lipinski definition) is 4. The van der Waals surface area contributed by atoms with Gasteiger partial charge < -0.3 is 10.1 Å². The highest BCUT2D eigenvalue weighted by Crippen LogP contribution is 2.28. The van der Waals surface area contributed by atoms with Crippen LogP contribution in [-0.4, -0.2) is 27.2 Å². The molecule has 2 rings (SSSR count). The molecule has 5 nitrogen and oxygen atoms in total. The molecule has 1 amide bonds. The summed E-state index contributed by atoms with van der Waals surface area (Å²) in [5.74, 6) is -0.830. The van der Waals surface area contributed by atoms with Gasteiger partial charge in [-0.1, -0.05) is 45.0 Å². The lowest BCUT2D eigenvalue weighted by molar-refractivity contribution is -0.113. The van der Waals surface area contributed by atoms with Crippen molar-refractivity contribution in [3.05, 3.63) is 58.7 Å². The van der Waals surface area contributed by atoms with E-state index in [0.717, 1.165) is 22.3 Å². The monoisotopic (exact) mass is 403 g/mol. The molecule has 0 atom stereocenters. The molecule has 0 aliphatic rings. The molecule has 0 fully saturated rings. The Hall–Kier alpha value is -2.34. The summed E-state index contributed by atoms with van der Waals surface area (Å²) in [5, 5.41) is 2.62. The third kappa shape index (κ3) is 5.58. The summed E-state index contributed by atoms with van der Waals surface area (Å²) in [6, 6.07) is 11.0. The topological polar surface area (TPSA) is 72.5 Å². The van der Waals surface area contributed by atoms with E-state index in [1.165, 1.54) is 7.11 Å². The first-order valence-electron chi connectivity index (χ1n) is 9.17. The van der Waals surface area contributed by atoms with Gasteiger partial charge in [-0.3, -0.25) is 4.79 Å². The second-order valence-electron chi connectivity index (χ2n) is 8.12. The molecular weight excluding hydrogens is 374 g/mol. The summed E-state index contributed by atoms with van der Waals surface area (Å²) in [6.07, 6.45) is 0. The van der Waals surface area contributed by atoms with Crippen molar-refractivity contribution in [1.82, 2.24) is 0 Å². The van der Waals surface area contributed by atoms with Crippen molar-refractivity contribution >= 4 is 21.4 Å². The zero-order valence-electron chi connectivity index (χ0n) is 17.4. The summed E-state index contributed by atoms with van der Waals surface area (Å²) >= 11 is 0. The summed E-state index contributed by atoms with van der Waals surface area (Å²) in [6.45, 7) is 10.2. The fourth-order valence-electron chi connectivity index (χ4n) is 3.06. The van der Waals surface area contributed by atoms with Crippen LogP contribution in [-0.2, 0) is 25.8 Å². The molecule has 0 radical (unpaired) electrons. The summed E-state index contributed by atoms with van der Waals surface area (Å²) < 4.78 is 30.5. The number of sulfone groups is 1.